The van der Waals surface area contributed by atoms with Crippen molar-refractivity contribution in [3.8, 4) is 0 Å². The average Bonchev–Trinajstić information content (AvgIpc) is 2.58. The molecule has 0 aromatic rings. The standard InChI is InChI=1S/C9H19N3O2/c1-12-5-2-3-8(12)7-11-9(14)10-4-6-13/h8,13H,2-7H2,1H3,(H2,10,11,14). The summed E-state index contributed by atoms with van der Waals surface area (Å²) in [6.07, 6.45) is 2.36. The van der Waals surface area contributed by atoms with Crippen LogP contribution < -0.4 is 10.6 Å². The van der Waals surface area contributed by atoms with Gasteiger partial charge in [-0.25, -0.2) is 4.79 Å². The quantitative estimate of drug-likeness (QED) is 0.567. The second kappa shape index (κ2) is 5.82. The number of amides is 2. The molecule has 5 heteroatoms. The molecule has 0 aromatic heterocycles. The van der Waals surface area contributed by atoms with Gasteiger partial charge in [-0.1, -0.05) is 0 Å². The van der Waals surface area contributed by atoms with Gasteiger partial charge in [0.15, 0.2) is 0 Å². The molecule has 0 spiro atoms. The zero-order chi connectivity index (χ0) is 10.4. The van der Waals surface area contributed by atoms with E-state index in [4.69, 9.17) is 5.11 Å². The van der Waals surface area contributed by atoms with E-state index in [2.05, 4.69) is 22.6 Å². The summed E-state index contributed by atoms with van der Waals surface area (Å²) in [5.41, 5.74) is 0. The van der Waals surface area contributed by atoms with E-state index in [0.717, 1.165) is 13.0 Å². The van der Waals surface area contributed by atoms with Crippen LogP contribution in [0.5, 0.6) is 0 Å². The predicted molar refractivity (Wildman–Crippen MR) is 54.1 cm³/mol. The second-order valence-corrected chi connectivity index (χ2v) is 3.64. The molecule has 0 saturated carbocycles. The van der Waals surface area contributed by atoms with Crippen LogP contribution in [-0.2, 0) is 0 Å². The monoisotopic (exact) mass is 201 g/mol. The summed E-state index contributed by atoms with van der Waals surface area (Å²) in [7, 11) is 2.07. The number of hydrogen-bond donors (Lipinski definition) is 3. The van der Waals surface area contributed by atoms with E-state index in [1.165, 1.54) is 6.42 Å². The number of aliphatic hydroxyl groups is 1. The number of likely N-dealkylation sites (N-methyl/N-ethyl adjacent to an activating group) is 1. The van der Waals surface area contributed by atoms with Crippen molar-refractivity contribution >= 4 is 6.03 Å². The molecule has 14 heavy (non-hydrogen) atoms. The molecule has 1 unspecified atom stereocenters. The maximum absolute atomic E-state index is 11.1. The maximum atomic E-state index is 11.1. The highest BCUT2D eigenvalue weighted by Crippen LogP contribution is 2.13. The van der Waals surface area contributed by atoms with Crippen molar-refractivity contribution in [3.05, 3.63) is 0 Å². The molecule has 3 N–H and O–H groups in total. The SMILES string of the molecule is CN1CCCC1CNC(=O)NCCO. The summed E-state index contributed by atoms with van der Waals surface area (Å²) in [5.74, 6) is 0. The number of carbonyl (C=O) groups excluding carboxylic acids is 1. The maximum Gasteiger partial charge on any atom is 0.314 e. The Labute approximate surface area is 84.5 Å². The largest absolute Gasteiger partial charge is 0.395 e. The Morgan fingerprint density at radius 1 is 1.57 bits per heavy atom. The molecule has 1 aliphatic rings. The highest BCUT2D eigenvalue weighted by atomic mass is 16.3. The van der Waals surface area contributed by atoms with Gasteiger partial charge in [0.2, 0.25) is 0 Å². The first-order valence-corrected chi connectivity index (χ1v) is 5.07. The van der Waals surface area contributed by atoms with E-state index >= 15 is 0 Å². The van der Waals surface area contributed by atoms with E-state index in [0.29, 0.717) is 19.1 Å². The molecule has 1 atom stereocenters. The smallest absolute Gasteiger partial charge is 0.314 e. The Kier molecular flexibility index (Phi) is 4.69. The molecule has 1 fully saturated rings. The molecule has 0 radical (unpaired) electrons. The number of likely N-dealkylation sites (tertiary alicyclic amines) is 1. The number of rotatable bonds is 4. The van der Waals surface area contributed by atoms with Crippen LogP contribution in [0, 0.1) is 0 Å². The lowest BCUT2D eigenvalue weighted by molar-refractivity contribution is 0.228. The molecular formula is C9H19N3O2. The molecule has 1 aliphatic heterocycles. The molecule has 0 aromatic carbocycles. The van der Waals surface area contributed by atoms with E-state index in [1.54, 1.807) is 0 Å². The highest BCUT2D eigenvalue weighted by molar-refractivity contribution is 5.73. The van der Waals surface area contributed by atoms with Crippen molar-refractivity contribution in [2.75, 3.05) is 33.3 Å². The predicted octanol–water partition coefficient (Wildman–Crippen LogP) is -0.628. The Bertz CT molecular complexity index is 187. The van der Waals surface area contributed by atoms with Crippen molar-refractivity contribution < 1.29 is 9.90 Å². The lowest BCUT2D eigenvalue weighted by Gasteiger charge is -2.19. The van der Waals surface area contributed by atoms with E-state index in [-0.39, 0.29) is 12.6 Å². The molecule has 5 nitrogen and oxygen atoms in total. The van der Waals surface area contributed by atoms with Crippen molar-refractivity contribution in [1.29, 1.82) is 0 Å². The number of nitrogens with one attached hydrogen (secondary N) is 2. The zero-order valence-corrected chi connectivity index (χ0v) is 8.62. The summed E-state index contributed by atoms with van der Waals surface area (Å²) in [6, 6.07) is 0.272. The fraction of sp³-hybridized carbons (Fsp3) is 0.889. The van der Waals surface area contributed by atoms with Crippen molar-refractivity contribution in [1.82, 2.24) is 15.5 Å². The summed E-state index contributed by atoms with van der Waals surface area (Å²) in [4.78, 5) is 13.4. The van der Waals surface area contributed by atoms with Crippen LogP contribution in [0.15, 0.2) is 0 Å². The van der Waals surface area contributed by atoms with E-state index in [1.807, 2.05) is 0 Å². The van der Waals surface area contributed by atoms with Crippen LogP contribution in [0.2, 0.25) is 0 Å². The first kappa shape index (κ1) is 11.3. The molecule has 2 amide bonds. The van der Waals surface area contributed by atoms with Gasteiger partial charge in [0.05, 0.1) is 6.61 Å². The Morgan fingerprint density at radius 3 is 2.93 bits per heavy atom. The van der Waals surface area contributed by atoms with Gasteiger partial charge in [-0.3, -0.25) is 0 Å². The summed E-state index contributed by atoms with van der Waals surface area (Å²) < 4.78 is 0. The van der Waals surface area contributed by atoms with Crippen LogP contribution >= 0.6 is 0 Å². The Balaban J connectivity index is 2.10. The third-order valence-corrected chi connectivity index (χ3v) is 2.57. The minimum absolute atomic E-state index is 0.0171. The minimum Gasteiger partial charge on any atom is -0.395 e. The van der Waals surface area contributed by atoms with Gasteiger partial charge in [0, 0.05) is 19.1 Å². The fourth-order valence-corrected chi connectivity index (χ4v) is 1.68. The van der Waals surface area contributed by atoms with Gasteiger partial charge < -0.3 is 20.6 Å². The summed E-state index contributed by atoms with van der Waals surface area (Å²) in [6.45, 7) is 2.10. The molecule has 82 valence electrons. The first-order chi connectivity index (χ1) is 6.74. The average molecular weight is 201 g/mol. The van der Waals surface area contributed by atoms with Crippen molar-refractivity contribution in [2.24, 2.45) is 0 Å². The van der Waals surface area contributed by atoms with Crippen LogP contribution in [0.1, 0.15) is 12.8 Å². The van der Waals surface area contributed by atoms with E-state index < -0.39 is 0 Å². The zero-order valence-electron chi connectivity index (χ0n) is 8.62. The minimum atomic E-state index is -0.195. The molecular weight excluding hydrogens is 182 g/mol. The lowest BCUT2D eigenvalue weighted by atomic mass is 10.2. The molecule has 1 saturated heterocycles. The second-order valence-electron chi connectivity index (χ2n) is 3.64. The number of nitrogens with zero attached hydrogens (tertiary/aromatic N) is 1. The topological polar surface area (TPSA) is 64.6 Å². The summed E-state index contributed by atoms with van der Waals surface area (Å²) >= 11 is 0. The molecule has 1 rings (SSSR count). The first-order valence-electron chi connectivity index (χ1n) is 5.07. The third-order valence-electron chi connectivity index (χ3n) is 2.57. The number of aliphatic hydroxyl groups excluding tert-OH is 1. The number of hydrogen-bond acceptors (Lipinski definition) is 3. The summed E-state index contributed by atoms with van der Waals surface area (Å²) in [5, 5.41) is 13.8. The number of urea groups is 1. The Hall–Kier alpha value is -0.810. The van der Waals surface area contributed by atoms with Crippen LogP contribution in [-0.4, -0.2) is 55.4 Å². The van der Waals surface area contributed by atoms with Gasteiger partial charge in [-0.2, -0.15) is 0 Å². The number of carbonyl (C=O) groups is 1. The highest BCUT2D eigenvalue weighted by Gasteiger charge is 2.20. The van der Waals surface area contributed by atoms with Crippen molar-refractivity contribution in [3.63, 3.8) is 0 Å². The normalized spacial score (nSPS) is 22.3. The third kappa shape index (κ3) is 3.51. The molecule has 0 bridgehead atoms. The van der Waals surface area contributed by atoms with Crippen molar-refractivity contribution in [2.45, 2.75) is 18.9 Å². The molecule has 0 aliphatic carbocycles. The van der Waals surface area contributed by atoms with Crippen LogP contribution in [0.4, 0.5) is 4.79 Å². The van der Waals surface area contributed by atoms with E-state index in [9.17, 15) is 4.79 Å². The van der Waals surface area contributed by atoms with Gasteiger partial charge in [0.1, 0.15) is 0 Å². The fourth-order valence-electron chi connectivity index (χ4n) is 1.68. The van der Waals surface area contributed by atoms with Crippen LogP contribution in [0.3, 0.4) is 0 Å². The van der Waals surface area contributed by atoms with Gasteiger partial charge in [-0.05, 0) is 26.4 Å². The van der Waals surface area contributed by atoms with Gasteiger partial charge >= 0.3 is 6.03 Å². The van der Waals surface area contributed by atoms with Gasteiger partial charge in [0.25, 0.3) is 0 Å². The van der Waals surface area contributed by atoms with Crippen LogP contribution in [0.25, 0.3) is 0 Å². The Morgan fingerprint density at radius 2 is 2.36 bits per heavy atom. The molecule has 1 heterocycles. The lowest BCUT2D eigenvalue weighted by Crippen LogP contribution is -2.43. The van der Waals surface area contributed by atoms with Gasteiger partial charge in [-0.15, -0.1) is 0 Å².